The van der Waals surface area contributed by atoms with Crippen LogP contribution in [0, 0.1) is 0 Å². The van der Waals surface area contributed by atoms with Crippen molar-refractivity contribution in [2.75, 3.05) is 40.6 Å². The van der Waals surface area contributed by atoms with Gasteiger partial charge in [0.15, 0.2) is 23.0 Å². The van der Waals surface area contributed by atoms with Crippen LogP contribution in [0.5, 0.6) is 23.0 Å². The van der Waals surface area contributed by atoms with E-state index in [-0.39, 0.29) is 10.8 Å². The van der Waals surface area contributed by atoms with Gasteiger partial charge in [-0.2, -0.15) is 0 Å². The fourth-order valence-electron chi connectivity index (χ4n) is 3.92. The molecule has 184 valence electrons. The van der Waals surface area contributed by atoms with Gasteiger partial charge in [0.25, 0.3) is 0 Å². The molecular weight excluding hydrogens is 416 g/mol. The molecule has 0 saturated carbocycles. The molecule has 0 aromatic heterocycles. The highest BCUT2D eigenvalue weighted by Crippen LogP contribution is 2.38. The lowest BCUT2D eigenvalue weighted by Gasteiger charge is -2.34. The maximum absolute atomic E-state index is 6.41. The van der Waals surface area contributed by atoms with Gasteiger partial charge in [-0.05, 0) is 62.1 Å². The van der Waals surface area contributed by atoms with Crippen LogP contribution in [0.1, 0.15) is 65.5 Å². The second kappa shape index (κ2) is 12.2. The van der Waals surface area contributed by atoms with E-state index in [0.29, 0.717) is 26.4 Å². The number of ether oxygens (including phenoxy) is 5. The molecule has 2 rings (SSSR count). The predicted octanol–water partition coefficient (Wildman–Crippen LogP) is 6.55. The summed E-state index contributed by atoms with van der Waals surface area (Å²) < 4.78 is 28.9. The van der Waals surface area contributed by atoms with E-state index >= 15 is 0 Å². The average molecular weight is 459 g/mol. The van der Waals surface area contributed by atoms with Gasteiger partial charge in [-0.25, -0.2) is 0 Å². The standard InChI is InChI=1S/C28H42O5/c1-9-27(5,21-13-15-23(32-11-3)25(17-21)29-7)19-31-20-28(6,10-2)22-14-16-24(33-12-4)26(18-22)30-8/h13-18H,9-12,19-20H2,1-8H3. The van der Waals surface area contributed by atoms with E-state index in [1.54, 1.807) is 14.2 Å². The number of hydrogen-bond donors (Lipinski definition) is 0. The van der Waals surface area contributed by atoms with Crippen LogP contribution in [0.3, 0.4) is 0 Å². The first-order valence-corrected chi connectivity index (χ1v) is 12.0. The predicted molar refractivity (Wildman–Crippen MR) is 134 cm³/mol. The van der Waals surface area contributed by atoms with E-state index in [2.05, 4.69) is 52.0 Å². The molecule has 2 atom stereocenters. The normalized spacial score (nSPS) is 14.8. The zero-order valence-corrected chi connectivity index (χ0v) is 21.7. The summed E-state index contributed by atoms with van der Waals surface area (Å²) in [5, 5.41) is 0. The van der Waals surface area contributed by atoms with E-state index in [9.17, 15) is 0 Å². The van der Waals surface area contributed by atoms with E-state index < -0.39 is 0 Å². The van der Waals surface area contributed by atoms with Crippen molar-refractivity contribution in [3.63, 3.8) is 0 Å². The second-order valence-corrected chi connectivity index (χ2v) is 8.92. The molecule has 5 nitrogen and oxygen atoms in total. The third-order valence-corrected chi connectivity index (χ3v) is 6.72. The van der Waals surface area contributed by atoms with Gasteiger partial charge in [0, 0.05) is 10.8 Å². The summed E-state index contributed by atoms with van der Waals surface area (Å²) in [5.41, 5.74) is 2.10. The Bertz CT molecular complexity index is 809. The first-order chi connectivity index (χ1) is 15.8. The van der Waals surface area contributed by atoms with Gasteiger partial charge in [0.2, 0.25) is 0 Å². The minimum absolute atomic E-state index is 0.136. The third-order valence-electron chi connectivity index (χ3n) is 6.72. The number of methoxy groups -OCH3 is 2. The van der Waals surface area contributed by atoms with Crippen molar-refractivity contribution in [1.82, 2.24) is 0 Å². The molecule has 0 aliphatic rings. The molecule has 0 N–H and O–H groups in total. The monoisotopic (exact) mass is 458 g/mol. The first kappa shape index (κ1) is 26.8. The molecule has 0 spiro atoms. The number of rotatable bonds is 14. The van der Waals surface area contributed by atoms with E-state index in [1.807, 2.05) is 26.0 Å². The number of hydrogen-bond acceptors (Lipinski definition) is 5. The molecule has 2 unspecified atom stereocenters. The summed E-state index contributed by atoms with van der Waals surface area (Å²) in [5.74, 6) is 3.06. The molecule has 0 heterocycles. The van der Waals surface area contributed by atoms with Crippen LogP contribution in [0.15, 0.2) is 36.4 Å². The van der Waals surface area contributed by atoms with Crippen molar-refractivity contribution in [3.05, 3.63) is 47.5 Å². The molecular formula is C28H42O5. The van der Waals surface area contributed by atoms with Crippen LogP contribution in [-0.4, -0.2) is 40.6 Å². The largest absolute Gasteiger partial charge is 0.493 e. The minimum atomic E-state index is -0.136. The lowest BCUT2D eigenvalue weighted by Crippen LogP contribution is -2.33. The van der Waals surface area contributed by atoms with Gasteiger partial charge < -0.3 is 23.7 Å². The van der Waals surface area contributed by atoms with Crippen molar-refractivity contribution in [2.45, 2.75) is 65.2 Å². The van der Waals surface area contributed by atoms with Gasteiger partial charge >= 0.3 is 0 Å². The smallest absolute Gasteiger partial charge is 0.161 e. The summed E-state index contributed by atoms with van der Waals surface area (Å²) >= 11 is 0. The highest BCUT2D eigenvalue weighted by atomic mass is 16.5. The van der Waals surface area contributed by atoms with Gasteiger partial charge in [-0.3, -0.25) is 0 Å². The Morgan fingerprint density at radius 3 is 1.30 bits per heavy atom. The zero-order chi connectivity index (χ0) is 24.5. The van der Waals surface area contributed by atoms with Gasteiger partial charge in [0.05, 0.1) is 40.6 Å². The van der Waals surface area contributed by atoms with Gasteiger partial charge in [-0.1, -0.05) is 39.8 Å². The van der Waals surface area contributed by atoms with Crippen LogP contribution in [-0.2, 0) is 15.6 Å². The molecule has 2 aromatic carbocycles. The van der Waals surface area contributed by atoms with Crippen molar-refractivity contribution < 1.29 is 23.7 Å². The molecule has 0 saturated heterocycles. The third kappa shape index (κ3) is 6.35. The summed E-state index contributed by atoms with van der Waals surface area (Å²) in [4.78, 5) is 0. The topological polar surface area (TPSA) is 46.2 Å². The molecule has 0 aliphatic carbocycles. The molecule has 0 bridgehead atoms. The molecule has 0 amide bonds. The highest BCUT2D eigenvalue weighted by Gasteiger charge is 2.30. The van der Waals surface area contributed by atoms with E-state index in [4.69, 9.17) is 23.7 Å². The second-order valence-electron chi connectivity index (χ2n) is 8.92. The summed E-state index contributed by atoms with van der Waals surface area (Å²) in [6.07, 6.45) is 1.90. The van der Waals surface area contributed by atoms with Crippen LogP contribution in [0.25, 0.3) is 0 Å². The van der Waals surface area contributed by atoms with E-state index in [0.717, 1.165) is 35.8 Å². The lowest BCUT2D eigenvalue weighted by atomic mass is 9.79. The zero-order valence-electron chi connectivity index (χ0n) is 21.7. The minimum Gasteiger partial charge on any atom is -0.493 e. The van der Waals surface area contributed by atoms with E-state index in [1.165, 1.54) is 11.1 Å². The molecule has 0 fully saturated rings. The maximum atomic E-state index is 6.41. The first-order valence-electron chi connectivity index (χ1n) is 12.0. The molecule has 0 radical (unpaired) electrons. The Labute approximate surface area is 200 Å². The Hall–Kier alpha value is -2.40. The van der Waals surface area contributed by atoms with Crippen molar-refractivity contribution in [2.24, 2.45) is 0 Å². The average Bonchev–Trinajstić information content (AvgIpc) is 2.84. The Morgan fingerprint density at radius 1 is 0.606 bits per heavy atom. The van der Waals surface area contributed by atoms with Crippen LogP contribution >= 0.6 is 0 Å². The van der Waals surface area contributed by atoms with Crippen LogP contribution in [0.4, 0.5) is 0 Å². The highest BCUT2D eigenvalue weighted by molar-refractivity contribution is 5.46. The Balaban J connectivity index is 2.19. The quantitative estimate of drug-likeness (QED) is 0.321. The van der Waals surface area contributed by atoms with Crippen LogP contribution in [0.2, 0.25) is 0 Å². The fraction of sp³-hybridized carbons (Fsp3) is 0.571. The fourth-order valence-corrected chi connectivity index (χ4v) is 3.92. The van der Waals surface area contributed by atoms with Crippen molar-refractivity contribution >= 4 is 0 Å². The Morgan fingerprint density at radius 2 is 1.00 bits per heavy atom. The molecule has 0 aliphatic heterocycles. The molecule has 5 heteroatoms. The summed E-state index contributed by atoms with van der Waals surface area (Å²) in [6.45, 7) is 15.3. The Kier molecular flexibility index (Phi) is 9.90. The SMILES string of the molecule is CCOc1ccc(C(C)(CC)COCC(C)(CC)c2ccc(OCC)c(OC)c2)cc1OC. The molecule has 33 heavy (non-hydrogen) atoms. The van der Waals surface area contributed by atoms with Crippen LogP contribution < -0.4 is 18.9 Å². The van der Waals surface area contributed by atoms with Gasteiger partial charge in [-0.15, -0.1) is 0 Å². The summed E-state index contributed by atoms with van der Waals surface area (Å²) in [6, 6.07) is 12.4. The maximum Gasteiger partial charge on any atom is 0.161 e. The van der Waals surface area contributed by atoms with Crippen molar-refractivity contribution in [1.29, 1.82) is 0 Å². The molecule has 2 aromatic rings. The van der Waals surface area contributed by atoms with Gasteiger partial charge in [0.1, 0.15) is 0 Å². The number of benzene rings is 2. The lowest BCUT2D eigenvalue weighted by molar-refractivity contribution is 0.0509. The van der Waals surface area contributed by atoms with Crippen molar-refractivity contribution in [3.8, 4) is 23.0 Å². The summed E-state index contributed by atoms with van der Waals surface area (Å²) in [7, 11) is 3.36.